The van der Waals surface area contributed by atoms with E-state index < -0.39 is 0 Å². The number of nitrogen functional groups attached to an aromatic ring is 1. The molecule has 0 aliphatic heterocycles. The van der Waals surface area contributed by atoms with Gasteiger partial charge in [0.1, 0.15) is 0 Å². The lowest BCUT2D eigenvalue weighted by Gasteiger charge is -2.13. The molecule has 1 aliphatic carbocycles. The largest absolute Gasteiger partial charge is 0.324 e. The number of hydrogen-bond donors (Lipinski definition) is 3. The number of fused-ring (bicyclic) bond motifs is 2. The van der Waals surface area contributed by atoms with Crippen molar-refractivity contribution in [3.05, 3.63) is 77.6 Å². The van der Waals surface area contributed by atoms with Crippen LogP contribution in [0.25, 0.3) is 11.0 Å². The monoisotopic (exact) mass is 385 g/mol. The van der Waals surface area contributed by atoms with Crippen LogP contribution in [0.1, 0.15) is 33.9 Å². The summed E-state index contributed by atoms with van der Waals surface area (Å²) in [5, 5.41) is 8.67. The maximum Gasteiger partial charge on any atom is 0.265 e. The van der Waals surface area contributed by atoms with E-state index in [0.29, 0.717) is 11.5 Å². The van der Waals surface area contributed by atoms with Crippen molar-refractivity contribution in [2.75, 3.05) is 5.32 Å². The molecule has 1 amide bonds. The zero-order chi connectivity index (χ0) is 19.8. The Bertz CT molecular complexity index is 1200. The molecule has 2 heterocycles. The summed E-state index contributed by atoms with van der Waals surface area (Å²) in [6.07, 6.45) is 5.63. The molecule has 0 fully saturated rings. The highest BCUT2D eigenvalue weighted by atomic mass is 16.2. The Balaban J connectivity index is 1.45. The fraction of sp³-hybridized carbons (Fsp3) is 0.143. The van der Waals surface area contributed by atoms with Gasteiger partial charge in [-0.05, 0) is 48.2 Å². The SMILES string of the molecule is NNC(=O)c1ccc(Nc2ncc3cnn(C4CCc5ccccc54)c3n2)cc1. The number of aromatic nitrogens is 4. The van der Waals surface area contributed by atoms with E-state index in [-0.39, 0.29) is 11.9 Å². The van der Waals surface area contributed by atoms with E-state index in [4.69, 9.17) is 10.8 Å². The molecule has 29 heavy (non-hydrogen) atoms. The summed E-state index contributed by atoms with van der Waals surface area (Å²) in [6.45, 7) is 0. The highest BCUT2D eigenvalue weighted by Gasteiger charge is 2.26. The molecule has 144 valence electrons. The van der Waals surface area contributed by atoms with Gasteiger partial charge in [0.25, 0.3) is 5.91 Å². The average Bonchev–Trinajstić information content (AvgIpc) is 3.37. The molecule has 1 atom stereocenters. The van der Waals surface area contributed by atoms with E-state index in [0.717, 1.165) is 29.6 Å². The summed E-state index contributed by atoms with van der Waals surface area (Å²) >= 11 is 0. The Morgan fingerprint density at radius 1 is 1.10 bits per heavy atom. The third kappa shape index (κ3) is 3.09. The summed E-state index contributed by atoms with van der Waals surface area (Å²) in [7, 11) is 0. The number of anilines is 2. The smallest absolute Gasteiger partial charge is 0.265 e. The summed E-state index contributed by atoms with van der Waals surface area (Å²) < 4.78 is 1.99. The summed E-state index contributed by atoms with van der Waals surface area (Å²) in [6, 6.07) is 15.6. The number of nitrogens with two attached hydrogens (primary N) is 1. The van der Waals surface area contributed by atoms with Gasteiger partial charge in [-0.2, -0.15) is 10.1 Å². The number of aryl methyl sites for hydroxylation is 1. The van der Waals surface area contributed by atoms with Gasteiger partial charge in [0.2, 0.25) is 5.95 Å². The summed E-state index contributed by atoms with van der Waals surface area (Å²) in [5.41, 5.74) is 6.84. The van der Waals surface area contributed by atoms with Crippen molar-refractivity contribution in [2.45, 2.75) is 18.9 Å². The quantitative estimate of drug-likeness (QED) is 0.283. The van der Waals surface area contributed by atoms with E-state index in [1.54, 1.807) is 36.7 Å². The molecule has 0 saturated heterocycles. The number of carbonyl (C=O) groups excluding carboxylic acids is 1. The predicted octanol–water partition coefficient (Wildman–Crippen LogP) is 2.71. The van der Waals surface area contributed by atoms with Crippen molar-refractivity contribution in [2.24, 2.45) is 5.84 Å². The lowest BCUT2D eigenvalue weighted by Crippen LogP contribution is -2.29. The highest BCUT2D eigenvalue weighted by Crippen LogP contribution is 2.35. The van der Waals surface area contributed by atoms with E-state index >= 15 is 0 Å². The predicted molar refractivity (Wildman–Crippen MR) is 110 cm³/mol. The summed E-state index contributed by atoms with van der Waals surface area (Å²) in [4.78, 5) is 20.6. The van der Waals surface area contributed by atoms with Crippen LogP contribution in [0, 0.1) is 0 Å². The number of amides is 1. The molecule has 2 aromatic heterocycles. The van der Waals surface area contributed by atoms with Gasteiger partial charge in [-0.25, -0.2) is 15.5 Å². The van der Waals surface area contributed by atoms with Crippen LogP contribution in [0.4, 0.5) is 11.6 Å². The van der Waals surface area contributed by atoms with Crippen molar-refractivity contribution < 1.29 is 4.79 Å². The summed E-state index contributed by atoms with van der Waals surface area (Å²) in [5.74, 6) is 5.30. The first kappa shape index (κ1) is 17.3. The zero-order valence-electron chi connectivity index (χ0n) is 15.5. The fourth-order valence-corrected chi connectivity index (χ4v) is 3.83. The van der Waals surface area contributed by atoms with Gasteiger partial charge in [-0.1, -0.05) is 24.3 Å². The highest BCUT2D eigenvalue weighted by molar-refractivity contribution is 5.94. The molecule has 8 nitrogen and oxygen atoms in total. The second-order valence-electron chi connectivity index (χ2n) is 6.99. The van der Waals surface area contributed by atoms with Crippen LogP contribution in [0.5, 0.6) is 0 Å². The molecule has 2 aromatic carbocycles. The topological polar surface area (TPSA) is 111 Å². The number of carbonyl (C=O) groups is 1. The normalized spacial score (nSPS) is 15.3. The van der Waals surface area contributed by atoms with Gasteiger partial charge in [0.05, 0.1) is 17.6 Å². The number of hydrogen-bond acceptors (Lipinski definition) is 6. The molecule has 5 rings (SSSR count). The maximum absolute atomic E-state index is 11.6. The molecule has 4 aromatic rings. The van der Waals surface area contributed by atoms with E-state index in [1.807, 2.05) is 4.68 Å². The molecule has 1 unspecified atom stereocenters. The molecule has 8 heteroatoms. The Hall–Kier alpha value is -3.78. The standard InChI is InChI=1S/C21H19N7O/c22-27-20(29)14-5-8-16(9-6-14)25-21-23-11-15-12-24-28(19(15)26-21)18-10-7-13-3-1-2-4-17(13)18/h1-6,8-9,11-12,18H,7,10,22H2,(H,27,29)(H,23,25,26). The molecule has 4 N–H and O–H groups in total. The van der Waals surface area contributed by atoms with Crippen LogP contribution in [0.2, 0.25) is 0 Å². The third-order valence-electron chi connectivity index (χ3n) is 5.26. The van der Waals surface area contributed by atoms with E-state index in [2.05, 4.69) is 45.1 Å². The van der Waals surface area contributed by atoms with Gasteiger partial charge < -0.3 is 5.32 Å². The number of nitrogens with zero attached hydrogens (tertiary/aromatic N) is 4. The fourth-order valence-electron chi connectivity index (χ4n) is 3.83. The van der Waals surface area contributed by atoms with Crippen molar-refractivity contribution >= 4 is 28.6 Å². The van der Waals surface area contributed by atoms with E-state index in [9.17, 15) is 4.79 Å². The number of benzene rings is 2. The molecular formula is C21H19N7O. The molecule has 0 radical (unpaired) electrons. The van der Waals surface area contributed by atoms with Crippen molar-refractivity contribution in [1.82, 2.24) is 25.2 Å². The zero-order valence-corrected chi connectivity index (χ0v) is 15.5. The van der Waals surface area contributed by atoms with Gasteiger partial charge in [0, 0.05) is 17.4 Å². The Kier molecular flexibility index (Phi) is 4.18. The number of hydrazine groups is 1. The molecular weight excluding hydrogens is 366 g/mol. The van der Waals surface area contributed by atoms with Crippen LogP contribution in [0.15, 0.2) is 60.9 Å². The van der Waals surface area contributed by atoms with Gasteiger partial charge >= 0.3 is 0 Å². The van der Waals surface area contributed by atoms with Crippen molar-refractivity contribution in [1.29, 1.82) is 0 Å². The second-order valence-corrected chi connectivity index (χ2v) is 6.99. The first-order chi connectivity index (χ1) is 14.2. The lowest BCUT2D eigenvalue weighted by molar-refractivity contribution is 0.0953. The minimum Gasteiger partial charge on any atom is -0.324 e. The van der Waals surface area contributed by atoms with E-state index in [1.165, 1.54) is 11.1 Å². The van der Waals surface area contributed by atoms with Crippen LogP contribution >= 0.6 is 0 Å². The lowest BCUT2D eigenvalue weighted by atomic mass is 10.1. The minimum atomic E-state index is -0.338. The molecule has 1 aliphatic rings. The van der Waals surface area contributed by atoms with Crippen LogP contribution in [-0.2, 0) is 6.42 Å². The second kappa shape index (κ2) is 6.99. The Morgan fingerprint density at radius 2 is 1.93 bits per heavy atom. The third-order valence-corrected chi connectivity index (χ3v) is 5.26. The maximum atomic E-state index is 11.6. The van der Waals surface area contributed by atoms with Crippen molar-refractivity contribution in [3.63, 3.8) is 0 Å². The van der Waals surface area contributed by atoms with Crippen LogP contribution in [0.3, 0.4) is 0 Å². The molecule has 0 spiro atoms. The first-order valence-corrected chi connectivity index (χ1v) is 9.39. The Labute approximate surface area is 166 Å². The number of rotatable bonds is 4. The van der Waals surface area contributed by atoms with Gasteiger partial charge in [-0.3, -0.25) is 10.2 Å². The average molecular weight is 385 g/mol. The van der Waals surface area contributed by atoms with Crippen molar-refractivity contribution in [3.8, 4) is 0 Å². The molecule has 0 saturated carbocycles. The first-order valence-electron chi connectivity index (χ1n) is 9.39. The van der Waals surface area contributed by atoms with Crippen LogP contribution < -0.4 is 16.6 Å². The minimum absolute atomic E-state index is 0.181. The van der Waals surface area contributed by atoms with Crippen LogP contribution in [-0.4, -0.2) is 25.7 Å². The molecule has 0 bridgehead atoms. The Morgan fingerprint density at radius 3 is 2.76 bits per heavy atom. The van der Waals surface area contributed by atoms with Gasteiger partial charge in [0.15, 0.2) is 5.65 Å². The number of nitrogens with one attached hydrogen (secondary N) is 2. The van der Waals surface area contributed by atoms with Gasteiger partial charge in [-0.15, -0.1) is 0 Å².